The van der Waals surface area contributed by atoms with Crippen LogP contribution in [0.1, 0.15) is 102 Å². The number of esters is 1. The van der Waals surface area contributed by atoms with E-state index >= 15 is 0 Å². The fourth-order valence-electron chi connectivity index (χ4n) is 16.8. The van der Waals surface area contributed by atoms with Gasteiger partial charge in [-0.1, -0.05) is 80.5 Å². The summed E-state index contributed by atoms with van der Waals surface area (Å²) in [5, 5.41) is 28.9. The molecule has 0 aliphatic heterocycles. The van der Waals surface area contributed by atoms with Crippen LogP contribution in [0.25, 0.3) is 103 Å². The second-order valence-electron chi connectivity index (χ2n) is 20.3. The van der Waals surface area contributed by atoms with Gasteiger partial charge in [0.1, 0.15) is 0 Å². The first-order valence-corrected chi connectivity index (χ1v) is 22.0. The van der Waals surface area contributed by atoms with Crippen molar-refractivity contribution >= 4 is 109 Å². The molecule has 0 amide bonds. The molecule has 0 aromatic heterocycles. The second-order valence-corrected chi connectivity index (χ2v) is 20.3. The highest BCUT2D eigenvalue weighted by molar-refractivity contribution is 6.58. The van der Waals surface area contributed by atoms with Crippen LogP contribution in [-0.2, 0) is 33.2 Å². The third-order valence-electron chi connectivity index (χ3n) is 18.4. The Labute approximate surface area is 327 Å². The van der Waals surface area contributed by atoms with Gasteiger partial charge >= 0.3 is 5.97 Å². The largest absolute Gasteiger partial charge is 0.465 e. The molecule has 0 bridgehead atoms. The van der Waals surface area contributed by atoms with Gasteiger partial charge in [-0.3, -0.25) is 4.79 Å². The summed E-state index contributed by atoms with van der Waals surface area (Å²) in [5.41, 5.74) is 16.0. The first-order valence-electron chi connectivity index (χ1n) is 22.0. The Kier molecular flexibility index (Phi) is 3.93. The Balaban J connectivity index is 1.05. The minimum absolute atomic E-state index is 0.0354. The van der Waals surface area contributed by atoms with Crippen LogP contribution >= 0.6 is 0 Å². The molecule has 0 N–H and O–H groups in total. The Hall–Kier alpha value is -5.47. The van der Waals surface area contributed by atoms with Gasteiger partial charge in [0.05, 0.1) is 6.61 Å². The first kappa shape index (κ1) is 28.0. The van der Waals surface area contributed by atoms with Gasteiger partial charge in [0.15, 0.2) is 0 Å². The zero-order chi connectivity index (χ0) is 36.5. The van der Waals surface area contributed by atoms with Gasteiger partial charge in [-0.25, -0.2) is 0 Å². The third-order valence-corrected chi connectivity index (χ3v) is 18.4. The number of benzene rings is 8. The zero-order valence-electron chi connectivity index (χ0n) is 32.1. The van der Waals surface area contributed by atoms with Crippen LogP contribution in [0.2, 0.25) is 0 Å². The maximum absolute atomic E-state index is 13.4. The standard InChI is InChI=1S/C55H36O2/c1-3-21(2)20-57-31(56)10-7-11-54(29-8-5-4-6-9-29)53-30-18-27-16-24-14-25-13-22-12-23-15-26-17-28-19-55(53,54)52-38(28)43-37(26)42-33(23)32(22)40-36(25)41-34(24)35(27)44-39(30)51(52)50-48(43)46(42)45(40)47(41)49(44)50/h4-6,8-9,14-15,17-19,21,25,36,53H,3,7,10-13,16,20H2,1-2H3. The van der Waals surface area contributed by atoms with Gasteiger partial charge in [0, 0.05) is 29.1 Å². The molecule has 2 nitrogen and oxygen atoms in total. The van der Waals surface area contributed by atoms with Crippen LogP contribution in [0.3, 0.4) is 0 Å². The number of ether oxygens (including phenoxy) is 1. The molecule has 57 heavy (non-hydrogen) atoms. The zero-order valence-corrected chi connectivity index (χ0v) is 32.1. The van der Waals surface area contributed by atoms with Crippen LogP contribution in [0.5, 0.6) is 0 Å². The first-order chi connectivity index (χ1) is 28.0. The average molecular weight is 729 g/mol. The fraction of sp³-hybridized carbons (Fsp3) is 0.291. The van der Waals surface area contributed by atoms with Gasteiger partial charge in [-0.05, 0) is 197 Å². The second kappa shape index (κ2) is 7.99. The summed E-state index contributed by atoms with van der Waals surface area (Å²) in [6.07, 6.45) is 12.3. The Bertz CT molecular complexity index is 3900. The highest BCUT2D eigenvalue weighted by Gasteiger charge is 2.79. The van der Waals surface area contributed by atoms with Gasteiger partial charge in [-0.15, -0.1) is 0 Å². The van der Waals surface area contributed by atoms with E-state index in [-0.39, 0.29) is 16.8 Å². The molecule has 0 heterocycles. The molecule has 6 atom stereocenters. The molecule has 8 aliphatic carbocycles. The van der Waals surface area contributed by atoms with Crippen molar-refractivity contribution in [2.24, 2.45) is 11.8 Å². The van der Waals surface area contributed by atoms with Crippen molar-refractivity contribution in [3.63, 3.8) is 0 Å². The minimum Gasteiger partial charge on any atom is -0.465 e. The van der Waals surface area contributed by atoms with Crippen LogP contribution in [0, 0.1) is 11.8 Å². The van der Waals surface area contributed by atoms with Crippen molar-refractivity contribution in [2.75, 3.05) is 6.61 Å². The summed E-state index contributed by atoms with van der Waals surface area (Å²) in [6.45, 7) is 4.87. The van der Waals surface area contributed by atoms with E-state index in [1.807, 2.05) is 0 Å². The number of carbonyl (C=O) groups is 1. The molecule has 8 aliphatic rings. The summed E-state index contributed by atoms with van der Waals surface area (Å²) in [5.74, 6) is 1.76. The van der Waals surface area contributed by atoms with E-state index in [1.54, 1.807) is 136 Å². The fourth-order valence-corrected chi connectivity index (χ4v) is 16.8. The predicted molar refractivity (Wildman–Crippen MR) is 232 cm³/mol. The lowest BCUT2D eigenvalue weighted by atomic mass is 9.69. The summed E-state index contributed by atoms with van der Waals surface area (Å²) >= 11 is 0. The highest BCUT2D eigenvalue weighted by Crippen LogP contribution is 2.84. The maximum atomic E-state index is 13.4. The minimum atomic E-state index is -0.154. The highest BCUT2D eigenvalue weighted by atomic mass is 16.5. The van der Waals surface area contributed by atoms with Gasteiger partial charge in [0.25, 0.3) is 0 Å². The average Bonchev–Trinajstić information content (AvgIpc) is 3.91. The van der Waals surface area contributed by atoms with Crippen LogP contribution in [0.15, 0.2) is 54.6 Å². The third kappa shape index (κ3) is 2.36. The van der Waals surface area contributed by atoms with Crippen molar-refractivity contribution < 1.29 is 9.53 Å². The van der Waals surface area contributed by atoms with E-state index in [9.17, 15) is 4.79 Å². The molecule has 18 rings (SSSR count). The molecule has 10 aromatic rings. The summed E-state index contributed by atoms with van der Waals surface area (Å²) in [4.78, 5) is 13.4. The SMILES string of the molecule is CCC(C)COC(=O)CCCC1(c2ccccc2)C2c3cc4c5c6c7c8c9c%10c%11c%12c(cc%13cc%14c%15c(c%16c3c5c8c%16c3c%15c%13c%12c93)C21C=%14)CC=%11CC(C=C6C4)C7%10. The summed E-state index contributed by atoms with van der Waals surface area (Å²) in [7, 11) is 0. The number of carbonyl (C=O) groups excluding carboxylic acids is 1. The van der Waals surface area contributed by atoms with Crippen LogP contribution in [-0.4, -0.2) is 12.6 Å². The van der Waals surface area contributed by atoms with E-state index in [2.05, 4.69) is 74.5 Å². The molecule has 10 aromatic carbocycles. The molecule has 2 heteroatoms. The summed E-state index contributed by atoms with van der Waals surface area (Å²) < 4.78 is 5.87. The topological polar surface area (TPSA) is 26.3 Å². The quantitative estimate of drug-likeness (QED) is 0.115. The van der Waals surface area contributed by atoms with Gasteiger partial charge < -0.3 is 4.74 Å². The monoisotopic (exact) mass is 728 g/mol. The molecule has 0 radical (unpaired) electrons. The predicted octanol–water partition coefficient (Wildman–Crippen LogP) is 11.1. The van der Waals surface area contributed by atoms with Crippen LogP contribution < -0.4 is 10.4 Å². The number of allylic oxidation sites excluding steroid dienone is 2. The number of rotatable bonds is 8. The van der Waals surface area contributed by atoms with E-state index in [0.717, 1.165) is 32.1 Å². The molecule has 1 saturated carbocycles. The normalized spacial score (nSPS) is 27.4. The molecule has 0 saturated heterocycles. The van der Waals surface area contributed by atoms with E-state index < -0.39 is 0 Å². The lowest BCUT2D eigenvalue weighted by Gasteiger charge is -2.33. The van der Waals surface area contributed by atoms with Crippen molar-refractivity contribution in [3.05, 3.63) is 110 Å². The van der Waals surface area contributed by atoms with E-state index in [0.29, 0.717) is 36.7 Å². The van der Waals surface area contributed by atoms with E-state index in [4.69, 9.17) is 4.74 Å². The molecular weight excluding hydrogens is 693 g/mol. The Morgan fingerprint density at radius 1 is 0.807 bits per heavy atom. The molecule has 268 valence electrons. The molecule has 1 fully saturated rings. The van der Waals surface area contributed by atoms with Crippen molar-refractivity contribution in [2.45, 2.75) is 81.5 Å². The van der Waals surface area contributed by atoms with Crippen LogP contribution in [0.4, 0.5) is 0 Å². The lowest BCUT2D eigenvalue weighted by Crippen LogP contribution is -2.28. The molecular formula is C55H36O2. The van der Waals surface area contributed by atoms with Crippen molar-refractivity contribution in [3.8, 4) is 0 Å². The number of hydrogen-bond donors (Lipinski definition) is 0. The Morgan fingerprint density at radius 3 is 2.46 bits per heavy atom. The molecule has 6 unspecified atom stereocenters. The van der Waals surface area contributed by atoms with E-state index in [1.165, 1.54) is 22.6 Å². The Morgan fingerprint density at radius 2 is 1.58 bits per heavy atom. The lowest BCUT2D eigenvalue weighted by molar-refractivity contribution is -0.145. The van der Waals surface area contributed by atoms with Gasteiger partial charge in [0.2, 0.25) is 0 Å². The van der Waals surface area contributed by atoms with Crippen molar-refractivity contribution in [1.29, 1.82) is 0 Å². The summed E-state index contributed by atoms with van der Waals surface area (Å²) in [6, 6.07) is 19.6. The smallest absolute Gasteiger partial charge is 0.305 e. The van der Waals surface area contributed by atoms with Crippen molar-refractivity contribution in [1.82, 2.24) is 0 Å². The number of fused-ring (bicyclic) bond motifs is 1. The molecule has 1 spiro atoms. The number of hydrogen-bond acceptors (Lipinski definition) is 2. The van der Waals surface area contributed by atoms with Gasteiger partial charge in [-0.2, -0.15) is 0 Å². The maximum Gasteiger partial charge on any atom is 0.305 e.